The molecule has 0 atom stereocenters. The summed E-state index contributed by atoms with van der Waals surface area (Å²) >= 11 is 1.56. The van der Waals surface area contributed by atoms with Gasteiger partial charge in [0, 0.05) is 24.8 Å². The van der Waals surface area contributed by atoms with Gasteiger partial charge in [0.05, 0.1) is 17.4 Å². The predicted octanol–water partition coefficient (Wildman–Crippen LogP) is 1.52. The van der Waals surface area contributed by atoms with Crippen molar-refractivity contribution in [2.75, 3.05) is 18.8 Å². The van der Waals surface area contributed by atoms with Crippen LogP contribution in [0.5, 0.6) is 0 Å². The zero-order chi connectivity index (χ0) is 15.9. The van der Waals surface area contributed by atoms with Gasteiger partial charge in [0.15, 0.2) is 0 Å². The largest absolute Gasteiger partial charge is 0.369 e. The molecule has 1 aliphatic heterocycles. The highest BCUT2D eigenvalue weighted by Gasteiger charge is 2.25. The predicted molar refractivity (Wildman–Crippen MR) is 85.8 cm³/mol. The molecule has 22 heavy (non-hydrogen) atoms. The molecular weight excluding hydrogens is 298 g/mol. The molecule has 1 fully saturated rings. The lowest BCUT2D eigenvalue weighted by atomic mass is 9.96. The number of amides is 2. The number of rotatable bonds is 5. The van der Waals surface area contributed by atoms with Gasteiger partial charge in [-0.05, 0) is 30.5 Å². The average molecular weight is 317 g/mol. The molecule has 1 heterocycles. The Bertz CT molecular complexity index is 572. The molecule has 1 saturated heterocycles. The number of carbonyl (C=O) groups excluding carboxylic acids is 2. The minimum Gasteiger partial charge on any atom is -0.369 e. The first-order valence-electron chi connectivity index (χ1n) is 7.24. The number of likely N-dealkylation sites (tertiary alicyclic amines) is 1. The van der Waals surface area contributed by atoms with Gasteiger partial charge in [0.1, 0.15) is 0 Å². The molecular formula is C16H19N3O2S. The number of primary amides is 1. The Morgan fingerprint density at radius 2 is 1.91 bits per heavy atom. The second-order valence-electron chi connectivity index (χ2n) is 5.36. The van der Waals surface area contributed by atoms with Crippen molar-refractivity contribution in [3.63, 3.8) is 0 Å². The number of nitriles is 1. The summed E-state index contributed by atoms with van der Waals surface area (Å²) in [6, 6.07) is 9.47. The highest BCUT2D eigenvalue weighted by atomic mass is 32.2. The van der Waals surface area contributed by atoms with Crippen LogP contribution in [0.1, 0.15) is 24.0 Å². The van der Waals surface area contributed by atoms with Crippen LogP contribution in [-0.2, 0) is 15.3 Å². The summed E-state index contributed by atoms with van der Waals surface area (Å²) in [5.74, 6) is 0.940. The molecule has 116 valence electrons. The maximum Gasteiger partial charge on any atom is 0.232 e. The molecule has 1 aliphatic rings. The molecule has 1 aromatic carbocycles. The first-order valence-corrected chi connectivity index (χ1v) is 8.39. The van der Waals surface area contributed by atoms with E-state index in [4.69, 9.17) is 11.0 Å². The number of nitrogens with two attached hydrogens (primary N) is 1. The van der Waals surface area contributed by atoms with Crippen LogP contribution in [0.2, 0.25) is 0 Å². The lowest BCUT2D eigenvalue weighted by molar-refractivity contribution is -0.132. The number of carbonyl (C=O) groups is 2. The van der Waals surface area contributed by atoms with E-state index < -0.39 is 0 Å². The summed E-state index contributed by atoms with van der Waals surface area (Å²) in [5, 5.41) is 8.74. The van der Waals surface area contributed by atoms with E-state index in [0.29, 0.717) is 37.2 Å². The molecule has 0 saturated carbocycles. The Morgan fingerprint density at radius 3 is 2.45 bits per heavy atom. The molecule has 2 rings (SSSR count). The Hall–Kier alpha value is -2.00. The Balaban J connectivity index is 1.72. The van der Waals surface area contributed by atoms with E-state index in [0.717, 1.165) is 11.3 Å². The van der Waals surface area contributed by atoms with Crippen LogP contribution in [0.25, 0.3) is 0 Å². The summed E-state index contributed by atoms with van der Waals surface area (Å²) < 4.78 is 0. The number of benzene rings is 1. The molecule has 0 aliphatic carbocycles. The van der Waals surface area contributed by atoms with Crippen LogP contribution in [0.15, 0.2) is 24.3 Å². The summed E-state index contributed by atoms with van der Waals surface area (Å²) in [7, 11) is 0. The van der Waals surface area contributed by atoms with Crippen molar-refractivity contribution in [3.8, 4) is 6.07 Å². The number of hydrogen-bond acceptors (Lipinski definition) is 4. The number of thioether (sulfide) groups is 1. The van der Waals surface area contributed by atoms with Crippen molar-refractivity contribution in [1.82, 2.24) is 4.90 Å². The van der Waals surface area contributed by atoms with Crippen LogP contribution in [0.3, 0.4) is 0 Å². The summed E-state index contributed by atoms with van der Waals surface area (Å²) in [6.07, 6.45) is 1.34. The second-order valence-corrected chi connectivity index (χ2v) is 6.34. The van der Waals surface area contributed by atoms with Gasteiger partial charge in [-0.2, -0.15) is 5.26 Å². The lowest BCUT2D eigenvalue weighted by Gasteiger charge is -2.30. The monoisotopic (exact) mass is 317 g/mol. The topological polar surface area (TPSA) is 87.2 Å². The van der Waals surface area contributed by atoms with Gasteiger partial charge < -0.3 is 10.6 Å². The smallest absolute Gasteiger partial charge is 0.232 e. The van der Waals surface area contributed by atoms with Crippen LogP contribution in [0, 0.1) is 17.2 Å². The van der Waals surface area contributed by atoms with E-state index in [1.54, 1.807) is 23.9 Å². The van der Waals surface area contributed by atoms with E-state index in [1.165, 1.54) is 0 Å². The third-order valence-corrected chi connectivity index (χ3v) is 4.82. The van der Waals surface area contributed by atoms with Crippen LogP contribution in [0.4, 0.5) is 0 Å². The fourth-order valence-corrected chi connectivity index (χ4v) is 3.32. The molecule has 0 unspecified atom stereocenters. The van der Waals surface area contributed by atoms with Crippen molar-refractivity contribution in [1.29, 1.82) is 5.26 Å². The third kappa shape index (κ3) is 4.50. The van der Waals surface area contributed by atoms with Gasteiger partial charge in [-0.15, -0.1) is 11.8 Å². The summed E-state index contributed by atoms with van der Waals surface area (Å²) in [5.41, 5.74) is 7.03. The zero-order valence-corrected chi connectivity index (χ0v) is 13.1. The van der Waals surface area contributed by atoms with Crippen molar-refractivity contribution in [2.45, 2.75) is 18.6 Å². The lowest BCUT2D eigenvalue weighted by Crippen LogP contribution is -2.42. The zero-order valence-electron chi connectivity index (χ0n) is 12.3. The highest BCUT2D eigenvalue weighted by molar-refractivity contribution is 7.99. The summed E-state index contributed by atoms with van der Waals surface area (Å²) in [6.45, 7) is 1.23. The highest BCUT2D eigenvalue weighted by Crippen LogP contribution is 2.19. The number of nitrogens with zero attached hydrogens (tertiary/aromatic N) is 2. The third-order valence-electron chi connectivity index (χ3n) is 3.83. The van der Waals surface area contributed by atoms with E-state index in [9.17, 15) is 9.59 Å². The Morgan fingerprint density at radius 1 is 1.27 bits per heavy atom. The Kier molecular flexibility index (Phi) is 5.84. The van der Waals surface area contributed by atoms with E-state index >= 15 is 0 Å². The molecule has 1 aromatic rings. The van der Waals surface area contributed by atoms with Gasteiger partial charge in [0.2, 0.25) is 11.8 Å². The van der Waals surface area contributed by atoms with Gasteiger partial charge in [-0.3, -0.25) is 9.59 Å². The molecule has 0 aromatic heterocycles. The molecule has 2 N–H and O–H groups in total. The molecule has 6 heteroatoms. The van der Waals surface area contributed by atoms with Crippen molar-refractivity contribution < 1.29 is 9.59 Å². The molecule has 0 spiro atoms. The summed E-state index contributed by atoms with van der Waals surface area (Å²) in [4.78, 5) is 25.0. The fraction of sp³-hybridized carbons (Fsp3) is 0.438. The minimum absolute atomic E-state index is 0.0876. The quantitative estimate of drug-likeness (QED) is 0.892. The Labute approximate surface area is 134 Å². The van der Waals surface area contributed by atoms with Crippen LogP contribution >= 0.6 is 11.8 Å². The van der Waals surface area contributed by atoms with E-state index in [-0.39, 0.29) is 17.7 Å². The van der Waals surface area contributed by atoms with Crippen molar-refractivity contribution in [3.05, 3.63) is 35.4 Å². The van der Waals surface area contributed by atoms with Gasteiger partial charge >= 0.3 is 0 Å². The minimum atomic E-state index is -0.262. The maximum atomic E-state index is 12.1. The van der Waals surface area contributed by atoms with Crippen LogP contribution < -0.4 is 5.73 Å². The molecule has 0 bridgehead atoms. The second kappa shape index (κ2) is 7.85. The average Bonchev–Trinajstić information content (AvgIpc) is 2.55. The van der Waals surface area contributed by atoms with E-state index in [1.807, 2.05) is 17.0 Å². The SMILES string of the molecule is N#Cc1ccc(CSCC(=O)N2CCC(C(N)=O)CC2)cc1. The van der Waals surface area contributed by atoms with Gasteiger partial charge in [-0.25, -0.2) is 0 Å². The number of piperidine rings is 1. The van der Waals surface area contributed by atoms with E-state index in [2.05, 4.69) is 6.07 Å². The van der Waals surface area contributed by atoms with Crippen molar-refractivity contribution in [2.24, 2.45) is 11.7 Å². The fourth-order valence-electron chi connectivity index (χ4n) is 2.44. The number of hydrogen-bond donors (Lipinski definition) is 1. The normalized spacial score (nSPS) is 15.3. The standard InChI is InChI=1S/C16H19N3O2S/c17-9-12-1-3-13(4-2-12)10-22-11-15(20)19-7-5-14(6-8-19)16(18)21/h1-4,14H,5-8,10-11H2,(H2,18,21). The van der Waals surface area contributed by atoms with Gasteiger partial charge in [-0.1, -0.05) is 12.1 Å². The van der Waals surface area contributed by atoms with Crippen molar-refractivity contribution >= 4 is 23.6 Å². The molecule has 0 radical (unpaired) electrons. The van der Waals surface area contributed by atoms with Gasteiger partial charge in [0.25, 0.3) is 0 Å². The van der Waals surface area contributed by atoms with Crippen LogP contribution in [-0.4, -0.2) is 35.6 Å². The molecule has 5 nitrogen and oxygen atoms in total. The first-order chi connectivity index (χ1) is 10.6. The molecule has 2 amide bonds. The first kappa shape index (κ1) is 16.4. The maximum absolute atomic E-state index is 12.1.